The molecule has 0 aliphatic carbocycles. The molecule has 106 valence electrons. The van der Waals surface area contributed by atoms with Crippen molar-refractivity contribution in [1.82, 2.24) is 9.88 Å². The van der Waals surface area contributed by atoms with Crippen LogP contribution in [-0.2, 0) is 6.54 Å². The minimum atomic E-state index is -0.652. The first-order chi connectivity index (χ1) is 8.81. The normalized spacial score (nSPS) is 12.7. The summed E-state index contributed by atoms with van der Waals surface area (Å²) in [5, 5.41) is 14.1. The number of nitrogens with one attached hydrogen (secondary N) is 1. The molecule has 0 fully saturated rings. The Hall–Kier alpha value is -1.21. The molecular formula is C12H18BrN3O3. The summed E-state index contributed by atoms with van der Waals surface area (Å²) in [5.74, 6) is 0.203. The van der Waals surface area contributed by atoms with Crippen LogP contribution in [0.3, 0.4) is 0 Å². The van der Waals surface area contributed by atoms with Crippen molar-refractivity contribution in [3.8, 4) is 0 Å². The van der Waals surface area contributed by atoms with E-state index in [4.69, 9.17) is 0 Å². The molecular weight excluding hydrogens is 314 g/mol. The quantitative estimate of drug-likeness (QED) is 0.640. The molecule has 0 spiro atoms. The molecule has 1 heterocycles. The van der Waals surface area contributed by atoms with E-state index in [-0.39, 0.29) is 5.92 Å². The van der Waals surface area contributed by atoms with E-state index in [0.717, 1.165) is 6.54 Å². The molecule has 1 N–H and O–H groups in total. The smallest absolute Gasteiger partial charge is 0.314 e. The number of hydrogen-bond acceptors (Lipinski definition) is 4. The standard InChI is InChI=1S/C12H18BrN3O3/c1-8(2)14-5-9(3)6-15-7-10(13)4-11(12(15)17)16(18)19/h4,7-9,14H,5-6H2,1-3H3. The number of nitrogens with zero attached hydrogens (tertiary/aromatic N) is 2. The average Bonchev–Trinajstić information content (AvgIpc) is 2.30. The Morgan fingerprint density at radius 3 is 2.63 bits per heavy atom. The molecule has 1 aromatic rings. The highest BCUT2D eigenvalue weighted by molar-refractivity contribution is 9.10. The Kier molecular flexibility index (Phi) is 5.68. The van der Waals surface area contributed by atoms with Gasteiger partial charge >= 0.3 is 11.2 Å². The molecule has 0 saturated carbocycles. The first-order valence-corrected chi connectivity index (χ1v) is 6.88. The van der Waals surface area contributed by atoms with Crippen LogP contribution in [0.15, 0.2) is 21.5 Å². The van der Waals surface area contributed by atoms with Crippen LogP contribution in [0.25, 0.3) is 0 Å². The predicted molar refractivity (Wildman–Crippen MR) is 77.4 cm³/mol. The molecule has 19 heavy (non-hydrogen) atoms. The Morgan fingerprint density at radius 2 is 2.11 bits per heavy atom. The third-order valence-corrected chi connectivity index (χ3v) is 3.05. The topological polar surface area (TPSA) is 77.2 Å². The molecule has 0 aromatic carbocycles. The molecule has 0 bridgehead atoms. The predicted octanol–water partition coefficient (Wildman–Crippen LogP) is 2.15. The van der Waals surface area contributed by atoms with Gasteiger partial charge in [0.2, 0.25) is 0 Å². The van der Waals surface area contributed by atoms with Crippen molar-refractivity contribution in [2.24, 2.45) is 5.92 Å². The molecule has 1 aromatic heterocycles. The molecule has 1 unspecified atom stereocenters. The summed E-state index contributed by atoms with van der Waals surface area (Å²) in [6.07, 6.45) is 1.58. The first-order valence-electron chi connectivity index (χ1n) is 6.09. The Bertz CT molecular complexity index is 513. The fraction of sp³-hybridized carbons (Fsp3) is 0.583. The zero-order chi connectivity index (χ0) is 14.6. The van der Waals surface area contributed by atoms with E-state index in [1.54, 1.807) is 6.20 Å². The summed E-state index contributed by atoms with van der Waals surface area (Å²) in [5.41, 5.74) is -0.969. The van der Waals surface area contributed by atoms with Gasteiger partial charge in [-0.25, -0.2) is 0 Å². The van der Waals surface area contributed by atoms with E-state index in [1.165, 1.54) is 10.6 Å². The van der Waals surface area contributed by atoms with Gasteiger partial charge in [-0.15, -0.1) is 0 Å². The zero-order valence-electron chi connectivity index (χ0n) is 11.2. The van der Waals surface area contributed by atoms with Gasteiger partial charge in [0.1, 0.15) is 0 Å². The number of aromatic nitrogens is 1. The summed E-state index contributed by atoms with van der Waals surface area (Å²) >= 11 is 3.19. The minimum Gasteiger partial charge on any atom is -0.314 e. The monoisotopic (exact) mass is 331 g/mol. The largest absolute Gasteiger partial charge is 0.335 e. The van der Waals surface area contributed by atoms with Crippen LogP contribution >= 0.6 is 15.9 Å². The lowest BCUT2D eigenvalue weighted by atomic mass is 10.1. The average molecular weight is 332 g/mol. The number of halogens is 1. The first kappa shape index (κ1) is 15.8. The number of hydrogen-bond donors (Lipinski definition) is 1. The van der Waals surface area contributed by atoms with Crippen molar-refractivity contribution < 1.29 is 4.92 Å². The molecule has 6 nitrogen and oxygen atoms in total. The highest BCUT2D eigenvalue weighted by Gasteiger charge is 2.17. The van der Waals surface area contributed by atoms with Crippen molar-refractivity contribution in [3.63, 3.8) is 0 Å². The van der Waals surface area contributed by atoms with E-state index in [9.17, 15) is 14.9 Å². The lowest BCUT2D eigenvalue weighted by Crippen LogP contribution is -2.32. The lowest BCUT2D eigenvalue weighted by molar-refractivity contribution is -0.386. The van der Waals surface area contributed by atoms with E-state index in [0.29, 0.717) is 17.1 Å². The maximum Gasteiger partial charge on any atom is 0.335 e. The van der Waals surface area contributed by atoms with Gasteiger partial charge in [-0.1, -0.05) is 20.8 Å². The Labute approximate surface area is 120 Å². The van der Waals surface area contributed by atoms with E-state index in [1.807, 2.05) is 20.8 Å². The van der Waals surface area contributed by atoms with Gasteiger partial charge in [0.15, 0.2) is 0 Å². The fourth-order valence-corrected chi connectivity index (χ4v) is 2.15. The number of rotatable bonds is 6. The van der Waals surface area contributed by atoms with Crippen LogP contribution < -0.4 is 10.9 Å². The van der Waals surface area contributed by atoms with Gasteiger partial charge in [0.25, 0.3) is 0 Å². The third kappa shape index (κ3) is 4.76. The van der Waals surface area contributed by atoms with Crippen LogP contribution in [0.4, 0.5) is 5.69 Å². The van der Waals surface area contributed by atoms with E-state index in [2.05, 4.69) is 21.2 Å². The molecule has 1 rings (SSSR count). The molecule has 0 amide bonds. The number of pyridine rings is 1. The maximum atomic E-state index is 11.9. The van der Waals surface area contributed by atoms with Gasteiger partial charge in [-0.2, -0.15) is 0 Å². The molecule has 0 radical (unpaired) electrons. The van der Waals surface area contributed by atoms with Crippen molar-refractivity contribution in [1.29, 1.82) is 0 Å². The molecule has 7 heteroatoms. The molecule has 0 saturated heterocycles. The highest BCUT2D eigenvalue weighted by Crippen LogP contribution is 2.14. The second kappa shape index (κ2) is 6.81. The van der Waals surface area contributed by atoms with Gasteiger partial charge in [0.05, 0.1) is 4.92 Å². The second-order valence-electron chi connectivity index (χ2n) is 4.93. The third-order valence-electron chi connectivity index (χ3n) is 2.61. The summed E-state index contributed by atoms with van der Waals surface area (Å²) in [6.45, 7) is 7.28. The number of nitro groups is 1. The van der Waals surface area contributed by atoms with Gasteiger partial charge in [-0.3, -0.25) is 14.9 Å². The minimum absolute atomic E-state index is 0.203. The second-order valence-corrected chi connectivity index (χ2v) is 5.84. The summed E-state index contributed by atoms with van der Waals surface area (Å²) in [6, 6.07) is 1.60. The van der Waals surface area contributed by atoms with E-state index < -0.39 is 16.2 Å². The van der Waals surface area contributed by atoms with Crippen LogP contribution in [0.1, 0.15) is 20.8 Å². The van der Waals surface area contributed by atoms with Crippen LogP contribution in [0, 0.1) is 16.0 Å². The van der Waals surface area contributed by atoms with Crippen molar-refractivity contribution in [2.75, 3.05) is 6.54 Å². The highest BCUT2D eigenvalue weighted by atomic mass is 79.9. The van der Waals surface area contributed by atoms with Gasteiger partial charge < -0.3 is 9.88 Å². The SMILES string of the molecule is CC(CNC(C)C)Cn1cc(Br)cc([N+](=O)[O-])c1=O. The van der Waals surface area contributed by atoms with E-state index >= 15 is 0 Å². The van der Waals surface area contributed by atoms with Gasteiger partial charge in [-0.05, 0) is 28.4 Å². The maximum absolute atomic E-state index is 11.9. The van der Waals surface area contributed by atoms with Crippen LogP contribution in [0.2, 0.25) is 0 Å². The van der Waals surface area contributed by atoms with Crippen LogP contribution in [-0.4, -0.2) is 22.1 Å². The van der Waals surface area contributed by atoms with Crippen molar-refractivity contribution in [2.45, 2.75) is 33.4 Å². The summed E-state index contributed by atoms with van der Waals surface area (Å²) < 4.78 is 1.91. The molecule has 0 aliphatic heterocycles. The summed E-state index contributed by atoms with van der Waals surface area (Å²) in [4.78, 5) is 22.1. The summed E-state index contributed by atoms with van der Waals surface area (Å²) in [7, 11) is 0. The zero-order valence-corrected chi connectivity index (χ0v) is 12.8. The lowest BCUT2D eigenvalue weighted by Gasteiger charge is -2.16. The van der Waals surface area contributed by atoms with Crippen molar-refractivity contribution in [3.05, 3.63) is 37.2 Å². The molecule has 0 aliphatic rings. The Balaban J connectivity index is 2.89. The fourth-order valence-electron chi connectivity index (χ4n) is 1.69. The van der Waals surface area contributed by atoms with Crippen LogP contribution in [0.5, 0.6) is 0 Å². The van der Waals surface area contributed by atoms with Gasteiger partial charge in [0, 0.05) is 29.3 Å². The molecule has 1 atom stereocenters. The Morgan fingerprint density at radius 1 is 1.47 bits per heavy atom. The van der Waals surface area contributed by atoms with Crippen molar-refractivity contribution >= 4 is 21.6 Å².